The lowest BCUT2D eigenvalue weighted by Gasteiger charge is -2.16. The Hall–Kier alpha value is -5.08. The highest BCUT2D eigenvalue weighted by molar-refractivity contribution is 6.32. The van der Waals surface area contributed by atoms with Gasteiger partial charge in [0.2, 0.25) is 0 Å². The van der Waals surface area contributed by atoms with E-state index in [4.69, 9.17) is 9.97 Å². The first kappa shape index (κ1) is 21.0. The van der Waals surface area contributed by atoms with E-state index in [0.29, 0.717) is 0 Å². The number of benzene rings is 6. The summed E-state index contributed by atoms with van der Waals surface area (Å²) >= 11 is 0. The van der Waals surface area contributed by atoms with E-state index in [1.54, 1.807) is 0 Å². The number of hydrogen-bond acceptors (Lipinski definition) is 2. The van der Waals surface area contributed by atoms with Crippen molar-refractivity contribution in [3.05, 3.63) is 134 Å². The van der Waals surface area contributed by atoms with E-state index in [2.05, 4.69) is 121 Å². The van der Waals surface area contributed by atoms with Crippen LogP contribution in [0.3, 0.4) is 0 Å². The number of aromatic nitrogens is 2. The summed E-state index contributed by atoms with van der Waals surface area (Å²) in [6.45, 7) is 0. The Kier molecular flexibility index (Phi) is 4.55. The molecule has 2 heteroatoms. The van der Waals surface area contributed by atoms with Crippen molar-refractivity contribution in [3.8, 4) is 22.4 Å². The van der Waals surface area contributed by atoms with Gasteiger partial charge >= 0.3 is 0 Å². The van der Waals surface area contributed by atoms with Crippen LogP contribution in [0.1, 0.15) is 0 Å². The molecule has 176 valence electrons. The third-order valence-electron chi connectivity index (χ3n) is 7.69. The molecule has 2 heterocycles. The summed E-state index contributed by atoms with van der Waals surface area (Å²) in [5.41, 5.74) is 5.47. The minimum Gasteiger partial charge on any atom is -0.256 e. The van der Waals surface area contributed by atoms with E-state index in [-0.39, 0.29) is 0 Å². The van der Waals surface area contributed by atoms with Crippen molar-refractivity contribution in [3.63, 3.8) is 0 Å². The predicted octanol–water partition coefficient (Wildman–Crippen LogP) is 9.58. The normalized spacial score (nSPS) is 11.7. The summed E-state index contributed by atoms with van der Waals surface area (Å²) in [4.78, 5) is 9.96. The van der Waals surface area contributed by atoms with Gasteiger partial charge in [-0.05, 0) is 56.1 Å². The Bertz CT molecular complexity index is 2180. The predicted molar refractivity (Wildman–Crippen MR) is 160 cm³/mol. The second kappa shape index (κ2) is 8.22. The lowest BCUT2D eigenvalue weighted by molar-refractivity contribution is 1.37. The van der Waals surface area contributed by atoms with Crippen LogP contribution >= 0.6 is 0 Å². The third kappa shape index (κ3) is 3.14. The van der Waals surface area contributed by atoms with Crippen molar-refractivity contribution in [1.82, 2.24) is 9.97 Å². The van der Waals surface area contributed by atoms with Crippen LogP contribution in [-0.2, 0) is 0 Å². The molecule has 0 bridgehead atoms. The molecule has 0 atom stereocenters. The fraction of sp³-hybridized carbons (Fsp3) is 0. The molecule has 8 rings (SSSR count). The molecule has 0 N–H and O–H groups in total. The zero-order valence-electron chi connectivity index (χ0n) is 20.6. The topological polar surface area (TPSA) is 25.8 Å². The van der Waals surface area contributed by atoms with Crippen molar-refractivity contribution < 1.29 is 0 Å². The zero-order chi connectivity index (χ0) is 25.1. The van der Waals surface area contributed by atoms with Crippen molar-refractivity contribution in [1.29, 1.82) is 0 Å². The minimum absolute atomic E-state index is 0.988. The zero-order valence-corrected chi connectivity index (χ0v) is 20.6. The first-order chi connectivity index (χ1) is 18.8. The van der Waals surface area contributed by atoms with Crippen LogP contribution in [0.4, 0.5) is 0 Å². The molecule has 2 nitrogen and oxygen atoms in total. The number of rotatable bonds is 2. The number of fused-ring (bicyclic) bond motifs is 9. The summed E-state index contributed by atoms with van der Waals surface area (Å²) in [6.07, 6.45) is 3.99. The maximum absolute atomic E-state index is 5.05. The molecule has 6 aromatic carbocycles. The fourth-order valence-electron chi connectivity index (χ4n) is 5.90. The second-order valence-electron chi connectivity index (χ2n) is 9.84. The largest absolute Gasteiger partial charge is 0.256 e. The first-order valence-electron chi connectivity index (χ1n) is 12.9. The van der Waals surface area contributed by atoms with Crippen LogP contribution in [0.15, 0.2) is 134 Å². The first-order valence-corrected chi connectivity index (χ1v) is 12.9. The molecule has 0 aliphatic rings. The van der Waals surface area contributed by atoms with E-state index in [9.17, 15) is 0 Å². The highest BCUT2D eigenvalue weighted by Crippen LogP contribution is 2.42. The van der Waals surface area contributed by atoms with Crippen molar-refractivity contribution in [2.45, 2.75) is 0 Å². The van der Waals surface area contributed by atoms with Gasteiger partial charge in [0.15, 0.2) is 0 Å². The third-order valence-corrected chi connectivity index (χ3v) is 7.69. The standard InChI is InChI=1S/C36H22N2/c1-2-10-23(11-3-1)26-18-33-35-29-16-8-6-14-27(29)31(34-19-24-12-4-5-13-25(24)21-37-34)20-32(35)28-15-7-9-17-30(28)36(33)38-22-26/h1-22H. The quantitative estimate of drug-likeness (QED) is 0.229. The molecule has 0 radical (unpaired) electrons. The Morgan fingerprint density at radius 1 is 0.395 bits per heavy atom. The van der Waals surface area contributed by atoms with Gasteiger partial charge in [-0.25, -0.2) is 0 Å². The van der Waals surface area contributed by atoms with Gasteiger partial charge in [0, 0.05) is 39.7 Å². The minimum atomic E-state index is 0.988. The SMILES string of the molecule is c1ccc(-c2cnc3c4ccccc4c4cc(-c5cc6ccccc6cn5)c5ccccc5c4c3c2)cc1. The van der Waals surface area contributed by atoms with Crippen LogP contribution in [0.25, 0.3) is 76.4 Å². The average molecular weight is 483 g/mol. The van der Waals surface area contributed by atoms with Crippen molar-refractivity contribution in [2.75, 3.05) is 0 Å². The van der Waals surface area contributed by atoms with Gasteiger partial charge in [-0.2, -0.15) is 0 Å². The summed E-state index contributed by atoms with van der Waals surface area (Å²) in [5.74, 6) is 0. The highest BCUT2D eigenvalue weighted by atomic mass is 14.7. The van der Waals surface area contributed by atoms with Crippen LogP contribution in [-0.4, -0.2) is 9.97 Å². The number of hydrogen-bond donors (Lipinski definition) is 0. The smallest absolute Gasteiger partial charge is 0.0787 e. The average Bonchev–Trinajstić information content (AvgIpc) is 3.00. The van der Waals surface area contributed by atoms with Gasteiger partial charge in [-0.3, -0.25) is 9.97 Å². The van der Waals surface area contributed by atoms with Crippen LogP contribution < -0.4 is 0 Å². The Labute approximate surface area is 219 Å². The van der Waals surface area contributed by atoms with Gasteiger partial charge < -0.3 is 0 Å². The fourth-order valence-corrected chi connectivity index (χ4v) is 5.90. The van der Waals surface area contributed by atoms with Gasteiger partial charge in [-0.1, -0.05) is 103 Å². The van der Waals surface area contributed by atoms with E-state index in [1.165, 1.54) is 48.7 Å². The Morgan fingerprint density at radius 2 is 1.08 bits per heavy atom. The monoisotopic (exact) mass is 482 g/mol. The molecule has 38 heavy (non-hydrogen) atoms. The molecule has 0 amide bonds. The molecule has 0 aliphatic heterocycles. The molecule has 0 saturated heterocycles. The molecule has 2 aromatic heterocycles. The highest BCUT2D eigenvalue weighted by Gasteiger charge is 2.17. The molecular formula is C36H22N2. The maximum atomic E-state index is 5.05. The maximum Gasteiger partial charge on any atom is 0.0787 e. The Morgan fingerprint density at radius 3 is 1.92 bits per heavy atom. The molecule has 0 fully saturated rings. The summed E-state index contributed by atoms with van der Waals surface area (Å²) in [5, 5.41) is 10.8. The van der Waals surface area contributed by atoms with E-state index in [1.807, 2.05) is 12.4 Å². The molecule has 0 unspecified atom stereocenters. The lowest BCUT2D eigenvalue weighted by atomic mass is 9.89. The lowest BCUT2D eigenvalue weighted by Crippen LogP contribution is -1.92. The molecular weight excluding hydrogens is 460 g/mol. The van der Waals surface area contributed by atoms with Crippen molar-refractivity contribution in [2.24, 2.45) is 0 Å². The van der Waals surface area contributed by atoms with Crippen LogP contribution in [0.5, 0.6) is 0 Å². The Balaban J connectivity index is 1.55. The molecule has 0 spiro atoms. The van der Waals surface area contributed by atoms with E-state index < -0.39 is 0 Å². The molecule has 0 aliphatic carbocycles. The summed E-state index contributed by atoms with van der Waals surface area (Å²) in [7, 11) is 0. The van der Waals surface area contributed by atoms with E-state index in [0.717, 1.165) is 27.7 Å². The second-order valence-corrected chi connectivity index (χ2v) is 9.84. The number of nitrogens with zero attached hydrogens (tertiary/aromatic N) is 2. The van der Waals surface area contributed by atoms with Gasteiger partial charge in [-0.15, -0.1) is 0 Å². The molecule has 0 saturated carbocycles. The summed E-state index contributed by atoms with van der Waals surface area (Å²) < 4.78 is 0. The van der Waals surface area contributed by atoms with Crippen molar-refractivity contribution >= 4 is 54.0 Å². The summed E-state index contributed by atoms with van der Waals surface area (Å²) in [6, 6.07) is 43.1. The van der Waals surface area contributed by atoms with E-state index >= 15 is 0 Å². The number of pyridine rings is 2. The van der Waals surface area contributed by atoms with Gasteiger partial charge in [0.25, 0.3) is 0 Å². The van der Waals surface area contributed by atoms with Gasteiger partial charge in [0.05, 0.1) is 11.2 Å². The van der Waals surface area contributed by atoms with Gasteiger partial charge in [0.1, 0.15) is 0 Å². The molecule has 8 aromatic rings. The van der Waals surface area contributed by atoms with Crippen LogP contribution in [0.2, 0.25) is 0 Å². The van der Waals surface area contributed by atoms with Crippen LogP contribution in [0, 0.1) is 0 Å².